The van der Waals surface area contributed by atoms with Crippen LogP contribution in [-0.4, -0.2) is 21.0 Å². The molecule has 0 amide bonds. The fraction of sp³-hybridized carbons (Fsp3) is 0.667. The Bertz CT molecular complexity index is 193. The number of allylic oxidation sites excluding steroid dienone is 2. The van der Waals surface area contributed by atoms with Gasteiger partial charge in [0.05, 0.1) is 15.4 Å². The van der Waals surface area contributed by atoms with Crippen LogP contribution in [0, 0.1) is 0 Å². The van der Waals surface area contributed by atoms with E-state index >= 15 is 0 Å². The largest absolute Gasteiger partial charge is 0.119 e. The highest BCUT2D eigenvalue weighted by molar-refractivity contribution is 7.54. The molecule has 0 aromatic carbocycles. The zero-order valence-electron chi connectivity index (χ0n) is 5.02. The summed E-state index contributed by atoms with van der Waals surface area (Å²) in [4.78, 5) is 0. The molecule has 0 nitrogen and oxygen atoms in total. The minimum absolute atomic E-state index is 0.0783. The van der Waals surface area contributed by atoms with Crippen molar-refractivity contribution in [3.05, 3.63) is 12.2 Å². The van der Waals surface area contributed by atoms with E-state index in [4.69, 9.17) is 34.8 Å². The van der Waals surface area contributed by atoms with E-state index in [-0.39, 0.29) is 15.4 Å². The van der Waals surface area contributed by atoms with Gasteiger partial charge in [-0.2, -0.15) is 0 Å². The Morgan fingerprint density at radius 1 is 1.30 bits per heavy atom. The molecule has 0 spiro atoms. The van der Waals surface area contributed by atoms with Crippen molar-refractivity contribution in [1.82, 2.24) is 0 Å². The van der Waals surface area contributed by atoms with Crippen LogP contribution in [-0.2, 0) is 0 Å². The van der Waals surface area contributed by atoms with Gasteiger partial charge in [-0.15, -0.1) is 34.8 Å². The third-order valence-electron chi connectivity index (χ3n) is 1.91. The molecule has 2 rings (SSSR count). The highest BCUT2D eigenvalue weighted by atomic mass is 35.5. The molecule has 5 atom stereocenters. The van der Waals surface area contributed by atoms with Gasteiger partial charge >= 0.3 is 0 Å². The van der Waals surface area contributed by atoms with Crippen molar-refractivity contribution in [3.63, 3.8) is 0 Å². The second-order valence-electron chi connectivity index (χ2n) is 2.62. The van der Waals surface area contributed by atoms with Crippen LogP contribution < -0.4 is 0 Å². The monoisotopic (exact) mass is 214 g/mol. The summed E-state index contributed by atoms with van der Waals surface area (Å²) in [5, 5.41) is -0.158. The maximum Gasteiger partial charge on any atom is 0.0897 e. The van der Waals surface area contributed by atoms with Crippen molar-refractivity contribution in [2.24, 2.45) is 0 Å². The standard InChI is InChI=1S/C6H6Cl3P/c7-3-1-2-4-6(9,10-4)5(3)8/h1-5,10H. The number of hydrogen-bond acceptors (Lipinski definition) is 0. The van der Waals surface area contributed by atoms with Gasteiger partial charge in [0, 0.05) is 5.66 Å². The summed E-state index contributed by atoms with van der Waals surface area (Å²) in [6.45, 7) is 0. The first-order chi connectivity index (χ1) is 4.64. The molecule has 56 valence electrons. The first kappa shape index (κ1) is 7.68. The van der Waals surface area contributed by atoms with Gasteiger partial charge in [-0.1, -0.05) is 20.7 Å². The van der Waals surface area contributed by atoms with E-state index < -0.39 is 0 Å². The van der Waals surface area contributed by atoms with Gasteiger partial charge in [0.25, 0.3) is 0 Å². The summed E-state index contributed by atoms with van der Waals surface area (Å²) in [7, 11) is 0.760. The Balaban J connectivity index is 2.26. The minimum atomic E-state index is -0.178. The lowest BCUT2D eigenvalue weighted by molar-refractivity contribution is 0.784. The Hall–Kier alpha value is 1.04. The fourth-order valence-corrected chi connectivity index (χ4v) is 3.93. The minimum Gasteiger partial charge on any atom is -0.119 e. The van der Waals surface area contributed by atoms with Crippen LogP contribution in [0.2, 0.25) is 0 Å². The van der Waals surface area contributed by atoms with Crippen molar-refractivity contribution in [3.8, 4) is 0 Å². The number of fused-ring (bicyclic) bond motifs is 1. The normalized spacial score (nSPS) is 60.5. The summed E-state index contributed by atoms with van der Waals surface area (Å²) < 4.78 is -0.178. The molecule has 1 aliphatic heterocycles. The lowest BCUT2D eigenvalue weighted by Crippen LogP contribution is -2.30. The van der Waals surface area contributed by atoms with E-state index in [2.05, 4.69) is 6.08 Å². The van der Waals surface area contributed by atoms with Crippen molar-refractivity contribution in [1.29, 1.82) is 0 Å². The quantitative estimate of drug-likeness (QED) is 0.331. The second-order valence-corrected chi connectivity index (χ2v) is 6.28. The summed E-state index contributed by atoms with van der Waals surface area (Å²) >= 11 is 18.0. The van der Waals surface area contributed by atoms with E-state index in [1.165, 1.54) is 0 Å². The highest BCUT2D eigenvalue weighted by Crippen LogP contribution is 2.69. The number of hydrogen-bond donors (Lipinski definition) is 0. The third-order valence-corrected chi connectivity index (χ3v) is 6.04. The number of rotatable bonds is 0. The molecule has 10 heavy (non-hydrogen) atoms. The maximum atomic E-state index is 6.14. The Labute approximate surface area is 76.7 Å². The molecule has 0 saturated carbocycles. The average Bonchev–Trinajstić information content (AvgIpc) is 2.55. The summed E-state index contributed by atoms with van der Waals surface area (Å²) in [5.41, 5.74) is 0.506. The second kappa shape index (κ2) is 2.26. The van der Waals surface area contributed by atoms with Gasteiger partial charge in [-0.05, 0) is 0 Å². The molecule has 1 aliphatic carbocycles. The SMILES string of the molecule is ClC1C=CC2PC2(Cl)C1Cl. The molecular formula is C6H6Cl3P. The van der Waals surface area contributed by atoms with Crippen LogP contribution in [0.5, 0.6) is 0 Å². The number of alkyl halides is 3. The summed E-state index contributed by atoms with van der Waals surface area (Å²) in [6, 6.07) is 0. The summed E-state index contributed by atoms with van der Waals surface area (Å²) in [6.07, 6.45) is 4.03. The lowest BCUT2D eigenvalue weighted by Gasteiger charge is -2.21. The molecule has 5 unspecified atom stereocenters. The van der Waals surface area contributed by atoms with Gasteiger partial charge in [-0.3, -0.25) is 0 Å². The molecule has 0 N–H and O–H groups in total. The van der Waals surface area contributed by atoms with Crippen molar-refractivity contribution in [2.45, 2.75) is 21.0 Å². The zero-order chi connectivity index (χ0) is 7.35. The van der Waals surface area contributed by atoms with Crippen LogP contribution in [0.25, 0.3) is 0 Å². The van der Waals surface area contributed by atoms with E-state index in [0.29, 0.717) is 5.66 Å². The van der Waals surface area contributed by atoms with Gasteiger partial charge in [0.2, 0.25) is 0 Å². The van der Waals surface area contributed by atoms with E-state index in [9.17, 15) is 0 Å². The molecule has 4 heteroatoms. The van der Waals surface area contributed by atoms with Crippen molar-refractivity contribution in [2.75, 3.05) is 0 Å². The van der Waals surface area contributed by atoms with Crippen LogP contribution >= 0.6 is 43.4 Å². The molecule has 0 aromatic heterocycles. The van der Waals surface area contributed by atoms with Gasteiger partial charge in [0.1, 0.15) is 0 Å². The molecule has 1 saturated heterocycles. The molecule has 0 bridgehead atoms. The predicted octanol–water partition coefficient (Wildman–Crippen LogP) is 2.77. The van der Waals surface area contributed by atoms with Crippen LogP contribution in [0.4, 0.5) is 0 Å². The first-order valence-corrected chi connectivity index (χ1v) is 5.40. The van der Waals surface area contributed by atoms with Gasteiger partial charge in [-0.25, -0.2) is 0 Å². The molecule has 0 radical (unpaired) electrons. The smallest absolute Gasteiger partial charge is 0.0897 e. The Kier molecular flexibility index (Phi) is 1.74. The van der Waals surface area contributed by atoms with Crippen molar-refractivity contribution < 1.29 is 0 Å². The summed E-state index contributed by atoms with van der Waals surface area (Å²) in [5.74, 6) is 0. The Morgan fingerprint density at radius 2 is 2.00 bits per heavy atom. The van der Waals surface area contributed by atoms with Gasteiger partial charge < -0.3 is 0 Å². The molecule has 1 heterocycles. The molecule has 0 aromatic rings. The molecular weight excluding hydrogens is 209 g/mol. The van der Waals surface area contributed by atoms with Crippen molar-refractivity contribution >= 4 is 43.4 Å². The fourth-order valence-electron chi connectivity index (χ4n) is 1.18. The topological polar surface area (TPSA) is 0 Å². The van der Waals surface area contributed by atoms with E-state index in [1.54, 1.807) is 0 Å². The Morgan fingerprint density at radius 3 is 2.60 bits per heavy atom. The predicted molar refractivity (Wildman–Crippen MR) is 49.1 cm³/mol. The first-order valence-electron chi connectivity index (χ1n) is 3.07. The van der Waals surface area contributed by atoms with Crippen LogP contribution in [0.15, 0.2) is 12.2 Å². The number of halogens is 3. The van der Waals surface area contributed by atoms with E-state index in [0.717, 1.165) is 8.58 Å². The van der Waals surface area contributed by atoms with Crippen LogP contribution in [0.1, 0.15) is 0 Å². The molecule has 1 fully saturated rings. The highest BCUT2D eigenvalue weighted by Gasteiger charge is 2.59. The maximum absolute atomic E-state index is 6.14. The molecule has 2 aliphatic rings. The average molecular weight is 215 g/mol. The lowest BCUT2D eigenvalue weighted by atomic mass is 10.1. The van der Waals surface area contributed by atoms with Crippen LogP contribution in [0.3, 0.4) is 0 Å². The van der Waals surface area contributed by atoms with Gasteiger partial charge in [0.15, 0.2) is 0 Å². The third kappa shape index (κ3) is 0.932. The van der Waals surface area contributed by atoms with E-state index in [1.807, 2.05) is 6.08 Å². The zero-order valence-corrected chi connectivity index (χ0v) is 8.29.